The molecule has 1 atom stereocenters. The molecule has 2 N–H and O–H groups in total. The molecule has 1 aromatic rings. The summed E-state index contributed by atoms with van der Waals surface area (Å²) in [6, 6.07) is 12.2. The number of hydrogen-bond acceptors (Lipinski definition) is 2. The van der Waals surface area contributed by atoms with E-state index in [0.29, 0.717) is 26.1 Å². The van der Waals surface area contributed by atoms with Crippen LogP contribution >= 0.6 is 0 Å². The van der Waals surface area contributed by atoms with Crippen LogP contribution in [0.15, 0.2) is 30.3 Å². The monoisotopic (exact) mass is 246 g/mol. The quantitative estimate of drug-likeness (QED) is 0.698. The maximum Gasteiger partial charge on any atom is 0.275 e. The van der Waals surface area contributed by atoms with Crippen LogP contribution in [0.5, 0.6) is 0 Å². The molecule has 18 heavy (non-hydrogen) atoms. The lowest BCUT2D eigenvalue weighted by Crippen LogP contribution is -3.10. The zero-order chi connectivity index (χ0) is 13.2. The molecule has 0 spiro atoms. The predicted octanol–water partition coefficient (Wildman–Crippen LogP) is -0.226. The van der Waals surface area contributed by atoms with Crippen LogP contribution in [-0.2, 0) is 11.2 Å². The Morgan fingerprint density at radius 3 is 2.78 bits per heavy atom. The van der Waals surface area contributed by atoms with Crippen molar-refractivity contribution in [2.24, 2.45) is 0 Å². The fourth-order valence-electron chi connectivity index (χ4n) is 1.69. The van der Waals surface area contributed by atoms with Crippen molar-refractivity contribution in [2.75, 3.05) is 26.7 Å². The number of benzene rings is 1. The number of nitrogens with zero attached hydrogens (tertiary/aromatic N) is 1. The molecule has 1 rings (SSSR count). The smallest absolute Gasteiger partial charge is 0.275 e. The molecule has 0 saturated heterocycles. The van der Waals surface area contributed by atoms with Gasteiger partial charge in [0.1, 0.15) is 0 Å². The van der Waals surface area contributed by atoms with Crippen LogP contribution in [0.2, 0.25) is 0 Å². The molecule has 0 bridgehead atoms. The van der Waals surface area contributed by atoms with Crippen molar-refractivity contribution in [1.29, 1.82) is 5.26 Å². The van der Waals surface area contributed by atoms with Crippen LogP contribution in [0.1, 0.15) is 12.0 Å². The lowest BCUT2D eigenvalue weighted by molar-refractivity contribution is -0.870. The lowest BCUT2D eigenvalue weighted by Gasteiger charge is -2.12. The molecule has 96 valence electrons. The van der Waals surface area contributed by atoms with Gasteiger partial charge < -0.3 is 10.2 Å². The van der Waals surface area contributed by atoms with E-state index in [1.807, 2.05) is 25.2 Å². The summed E-state index contributed by atoms with van der Waals surface area (Å²) in [5.74, 6) is 0.0429. The molecule has 0 saturated carbocycles. The van der Waals surface area contributed by atoms with Gasteiger partial charge in [-0.2, -0.15) is 5.26 Å². The van der Waals surface area contributed by atoms with Crippen molar-refractivity contribution in [3.63, 3.8) is 0 Å². The second kappa shape index (κ2) is 8.26. The zero-order valence-electron chi connectivity index (χ0n) is 10.8. The summed E-state index contributed by atoms with van der Waals surface area (Å²) in [6.45, 7) is 1.80. The van der Waals surface area contributed by atoms with Gasteiger partial charge in [0.15, 0.2) is 6.54 Å². The lowest BCUT2D eigenvalue weighted by atomic mass is 10.1. The zero-order valence-corrected chi connectivity index (χ0v) is 10.8. The largest absolute Gasteiger partial charge is 0.351 e. The molecule has 0 aliphatic rings. The van der Waals surface area contributed by atoms with Gasteiger partial charge in [-0.1, -0.05) is 30.3 Å². The molecule has 0 heterocycles. The fraction of sp³-hybridized carbons (Fsp3) is 0.429. The Morgan fingerprint density at radius 1 is 1.39 bits per heavy atom. The molecular formula is C14H20N3O+. The summed E-state index contributed by atoms with van der Waals surface area (Å²) in [6.07, 6.45) is 1.34. The van der Waals surface area contributed by atoms with Crippen molar-refractivity contribution in [3.05, 3.63) is 35.9 Å². The maximum absolute atomic E-state index is 11.6. The van der Waals surface area contributed by atoms with E-state index in [2.05, 4.69) is 23.5 Å². The third-order valence-electron chi connectivity index (χ3n) is 2.70. The number of rotatable bonds is 7. The number of carbonyl (C=O) groups excluding carboxylic acids is 1. The second-order valence-corrected chi connectivity index (χ2v) is 4.38. The summed E-state index contributed by atoms with van der Waals surface area (Å²) in [7, 11) is 1.92. The standard InChI is InChI=1S/C14H19N3O/c1-17(11-5-9-15)12-14(18)16-10-8-13-6-3-2-4-7-13/h2-4,6-7H,5,8,10-12H2,1H3,(H,16,18)/p+1. The molecule has 0 fully saturated rings. The van der Waals surface area contributed by atoms with E-state index in [1.54, 1.807) is 0 Å². The average molecular weight is 246 g/mol. The van der Waals surface area contributed by atoms with Gasteiger partial charge in [-0.3, -0.25) is 4.79 Å². The SMILES string of the molecule is C[NH+](CCC#N)CC(=O)NCCc1ccccc1. The number of quaternary nitrogens is 1. The number of nitrogens with one attached hydrogen (secondary N) is 2. The first-order valence-corrected chi connectivity index (χ1v) is 6.21. The van der Waals surface area contributed by atoms with Gasteiger partial charge in [0.05, 0.1) is 26.1 Å². The van der Waals surface area contributed by atoms with Crippen LogP contribution in [0.25, 0.3) is 0 Å². The van der Waals surface area contributed by atoms with Gasteiger partial charge in [-0.05, 0) is 12.0 Å². The molecule has 4 nitrogen and oxygen atoms in total. The molecule has 0 radical (unpaired) electrons. The molecule has 1 amide bonds. The first-order valence-electron chi connectivity index (χ1n) is 6.21. The van der Waals surface area contributed by atoms with Crippen LogP contribution in [-0.4, -0.2) is 32.6 Å². The summed E-state index contributed by atoms with van der Waals surface area (Å²) in [5, 5.41) is 11.3. The average Bonchev–Trinajstić information content (AvgIpc) is 2.37. The summed E-state index contributed by atoms with van der Waals surface area (Å²) in [4.78, 5) is 12.7. The van der Waals surface area contributed by atoms with Crippen LogP contribution < -0.4 is 10.2 Å². The third-order valence-corrected chi connectivity index (χ3v) is 2.70. The van der Waals surface area contributed by atoms with Gasteiger partial charge in [-0.15, -0.1) is 0 Å². The topological polar surface area (TPSA) is 57.3 Å². The van der Waals surface area contributed by atoms with Crippen molar-refractivity contribution in [2.45, 2.75) is 12.8 Å². The predicted molar refractivity (Wildman–Crippen MR) is 70.0 cm³/mol. The van der Waals surface area contributed by atoms with Gasteiger partial charge in [0.2, 0.25) is 0 Å². The van der Waals surface area contributed by atoms with Gasteiger partial charge in [0.25, 0.3) is 5.91 Å². The van der Waals surface area contributed by atoms with Crippen molar-refractivity contribution >= 4 is 5.91 Å². The van der Waals surface area contributed by atoms with Crippen LogP contribution in [0.3, 0.4) is 0 Å². The minimum atomic E-state index is 0.0429. The Kier molecular flexibility index (Phi) is 6.52. The normalized spacial score (nSPS) is 11.6. The minimum absolute atomic E-state index is 0.0429. The summed E-state index contributed by atoms with van der Waals surface area (Å²) >= 11 is 0. The number of carbonyl (C=O) groups is 1. The van der Waals surface area contributed by atoms with E-state index in [9.17, 15) is 4.79 Å². The van der Waals surface area contributed by atoms with E-state index in [1.165, 1.54) is 5.56 Å². The molecule has 0 aromatic heterocycles. The first kappa shape index (κ1) is 14.2. The summed E-state index contributed by atoms with van der Waals surface area (Å²) in [5.41, 5.74) is 1.22. The van der Waals surface area contributed by atoms with E-state index >= 15 is 0 Å². The molecule has 4 heteroatoms. The Morgan fingerprint density at radius 2 is 2.11 bits per heavy atom. The Balaban J connectivity index is 2.16. The Labute approximate surface area is 108 Å². The Bertz CT molecular complexity index is 397. The second-order valence-electron chi connectivity index (χ2n) is 4.38. The molecule has 1 unspecified atom stereocenters. The van der Waals surface area contributed by atoms with E-state index in [4.69, 9.17) is 5.26 Å². The van der Waals surface area contributed by atoms with Crippen molar-refractivity contribution in [1.82, 2.24) is 5.32 Å². The van der Waals surface area contributed by atoms with Gasteiger partial charge in [-0.25, -0.2) is 0 Å². The molecule has 1 aromatic carbocycles. The van der Waals surface area contributed by atoms with Crippen LogP contribution in [0, 0.1) is 11.3 Å². The molecule has 0 aliphatic heterocycles. The van der Waals surface area contributed by atoms with E-state index < -0.39 is 0 Å². The van der Waals surface area contributed by atoms with Gasteiger partial charge >= 0.3 is 0 Å². The maximum atomic E-state index is 11.6. The first-order chi connectivity index (χ1) is 8.72. The highest BCUT2D eigenvalue weighted by Crippen LogP contribution is 1.97. The number of likely N-dealkylation sites (N-methyl/N-ethyl adjacent to an activating group) is 1. The number of amides is 1. The molecular weight excluding hydrogens is 226 g/mol. The van der Waals surface area contributed by atoms with Crippen LogP contribution in [0.4, 0.5) is 0 Å². The molecule has 0 aliphatic carbocycles. The highest BCUT2D eigenvalue weighted by atomic mass is 16.2. The van der Waals surface area contributed by atoms with Crippen molar-refractivity contribution < 1.29 is 9.69 Å². The van der Waals surface area contributed by atoms with Gasteiger partial charge in [0, 0.05) is 6.54 Å². The van der Waals surface area contributed by atoms with E-state index in [-0.39, 0.29) is 5.91 Å². The van der Waals surface area contributed by atoms with E-state index in [0.717, 1.165) is 11.3 Å². The number of hydrogen-bond donors (Lipinski definition) is 2. The Hall–Kier alpha value is -1.86. The third kappa shape index (κ3) is 6.02. The minimum Gasteiger partial charge on any atom is -0.351 e. The highest BCUT2D eigenvalue weighted by Gasteiger charge is 2.08. The summed E-state index contributed by atoms with van der Waals surface area (Å²) < 4.78 is 0. The fourth-order valence-corrected chi connectivity index (χ4v) is 1.69. The number of nitriles is 1. The highest BCUT2D eigenvalue weighted by molar-refractivity contribution is 5.76. The van der Waals surface area contributed by atoms with Crippen molar-refractivity contribution in [3.8, 4) is 6.07 Å².